The maximum atomic E-state index is 14.6. The van der Waals surface area contributed by atoms with Crippen LogP contribution in [0.5, 0.6) is 11.5 Å². The minimum atomic E-state index is -4.23. The average molecular weight is 721 g/mol. The van der Waals surface area contributed by atoms with E-state index in [2.05, 4.69) is 21.2 Å². The van der Waals surface area contributed by atoms with Gasteiger partial charge < -0.3 is 19.7 Å². The SMILES string of the molecule is CC(C)CNC(=O)[C@@H](Cc1ccccc1)N(Cc1cccc(Br)c1)C(=O)CN(c1ccc2c(c1)OCCO2)S(=O)(=O)c1ccccc1. The Morgan fingerprint density at radius 3 is 2.17 bits per heavy atom. The number of carbonyl (C=O) groups is 2. The number of hydrogen-bond acceptors (Lipinski definition) is 6. The second-order valence-electron chi connectivity index (χ2n) is 11.6. The van der Waals surface area contributed by atoms with Crippen LogP contribution in [-0.4, -0.2) is 57.5 Å². The molecule has 0 spiro atoms. The van der Waals surface area contributed by atoms with Gasteiger partial charge in [-0.3, -0.25) is 13.9 Å². The number of ether oxygens (including phenoxy) is 2. The van der Waals surface area contributed by atoms with E-state index in [4.69, 9.17) is 9.47 Å². The highest BCUT2D eigenvalue weighted by molar-refractivity contribution is 9.10. The summed E-state index contributed by atoms with van der Waals surface area (Å²) in [6.45, 7) is 4.62. The number of fused-ring (bicyclic) bond motifs is 1. The van der Waals surface area contributed by atoms with Crippen LogP contribution in [0.4, 0.5) is 5.69 Å². The number of benzene rings is 4. The van der Waals surface area contributed by atoms with Crippen molar-refractivity contribution < 1.29 is 27.5 Å². The lowest BCUT2D eigenvalue weighted by Gasteiger charge is -2.34. The van der Waals surface area contributed by atoms with Gasteiger partial charge in [-0.15, -0.1) is 0 Å². The molecule has 0 unspecified atom stereocenters. The Balaban J connectivity index is 1.58. The van der Waals surface area contributed by atoms with Crippen LogP contribution < -0.4 is 19.1 Å². The molecule has 2 amide bonds. The molecule has 1 atom stereocenters. The van der Waals surface area contributed by atoms with E-state index in [0.717, 1.165) is 19.9 Å². The van der Waals surface area contributed by atoms with E-state index < -0.39 is 28.5 Å². The monoisotopic (exact) mass is 719 g/mol. The maximum absolute atomic E-state index is 14.6. The number of carbonyl (C=O) groups excluding carboxylic acids is 2. The van der Waals surface area contributed by atoms with Gasteiger partial charge in [-0.2, -0.15) is 0 Å². The van der Waals surface area contributed by atoms with Gasteiger partial charge in [0, 0.05) is 30.0 Å². The zero-order chi connectivity index (χ0) is 33.4. The first-order valence-electron chi connectivity index (χ1n) is 15.4. The predicted octanol–water partition coefficient (Wildman–Crippen LogP) is 5.83. The van der Waals surface area contributed by atoms with Crippen molar-refractivity contribution in [2.24, 2.45) is 5.92 Å². The molecule has 0 aromatic heterocycles. The van der Waals surface area contributed by atoms with Crippen molar-refractivity contribution in [1.29, 1.82) is 0 Å². The molecule has 4 aromatic rings. The largest absolute Gasteiger partial charge is 0.486 e. The van der Waals surface area contributed by atoms with Crippen LogP contribution in [0.3, 0.4) is 0 Å². The second kappa shape index (κ2) is 15.5. The Bertz CT molecular complexity index is 1790. The quantitative estimate of drug-likeness (QED) is 0.187. The average Bonchev–Trinajstić information content (AvgIpc) is 3.08. The summed E-state index contributed by atoms with van der Waals surface area (Å²) < 4.78 is 41.8. The van der Waals surface area contributed by atoms with Gasteiger partial charge in [-0.05, 0) is 53.4 Å². The zero-order valence-electron chi connectivity index (χ0n) is 26.3. The molecule has 47 heavy (non-hydrogen) atoms. The summed E-state index contributed by atoms with van der Waals surface area (Å²) in [7, 11) is -4.23. The van der Waals surface area contributed by atoms with Crippen LogP contribution in [0.15, 0.2) is 112 Å². The van der Waals surface area contributed by atoms with Gasteiger partial charge in [0.1, 0.15) is 25.8 Å². The van der Waals surface area contributed by atoms with E-state index in [-0.39, 0.29) is 35.4 Å². The number of amides is 2. The van der Waals surface area contributed by atoms with Crippen LogP contribution in [0.1, 0.15) is 25.0 Å². The van der Waals surface area contributed by atoms with Crippen molar-refractivity contribution in [3.63, 3.8) is 0 Å². The summed E-state index contributed by atoms with van der Waals surface area (Å²) in [5.74, 6) is 0.204. The topological polar surface area (TPSA) is 105 Å². The number of rotatable bonds is 13. The number of halogens is 1. The first-order valence-corrected chi connectivity index (χ1v) is 17.7. The fourth-order valence-corrected chi connectivity index (χ4v) is 7.12. The number of nitrogens with one attached hydrogen (secondary N) is 1. The smallest absolute Gasteiger partial charge is 0.264 e. The molecule has 11 heteroatoms. The van der Waals surface area contributed by atoms with E-state index in [1.165, 1.54) is 17.0 Å². The van der Waals surface area contributed by atoms with Crippen molar-refractivity contribution in [2.75, 3.05) is 30.6 Å². The van der Waals surface area contributed by atoms with Gasteiger partial charge in [0.05, 0.1) is 10.6 Å². The van der Waals surface area contributed by atoms with Gasteiger partial charge in [-0.1, -0.05) is 90.4 Å². The number of nitrogens with zero attached hydrogens (tertiary/aromatic N) is 2. The molecule has 0 aliphatic carbocycles. The van der Waals surface area contributed by atoms with Gasteiger partial charge >= 0.3 is 0 Å². The standard InChI is InChI=1S/C36H38BrN3O6S/c1-26(2)23-38-36(42)32(21-27-10-5-3-6-11-27)39(24-28-12-9-13-29(37)20-28)35(41)25-40(47(43,44)31-14-7-4-8-15-31)30-16-17-33-34(22-30)46-19-18-45-33/h3-17,20,22,26,32H,18-19,21,23-25H2,1-2H3,(H,38,42)/t32-/m1/s1. The van der Waals surface area contributed by atoms with Gasteiger partial charge in [-0.25, -0.2) is 8.42 Å². The highest BCUT2D eigenvalue weighted by Gasteiger charge is 2.35. The van der Waals surface area contributed by atoms with Crippen molar-refractivity contribution in [3.05, 3.63) is 119 Å². The molecule has 246 valence electrons. The summed E-state index contributed by atoms with van der Waals surface area (Å²) in [5.41, 5.74) is 1.88. The summed E-state index contributed by atoms with van der Waals surface area (Å²) in [6, 6.07) is 28.8. The second-order valence-corrected chi connectivity index (χ2v) is 14.4. The van der Waals surface area contributed by atoms with Crippen LogP contribution in [0.25, 0.3) is 0 Å². The number of sulfonamides is 1. The van der Waals surface area contributed by atoms with E-state index in [1.54, 1.807) is 36.4 Å². The van der Waals surface area contributed by atoms with Crippen LogP contribution in [0.2, 0.25) is 0 Å². The normalized spacial score (nSPS) is 13.1. The van der Waals surface area contributed by atoms with Gasteiger partial charge in [0.25, 0.3) is 10.0 Å². The Morgan fingerprint density at radius 1 is 0.830 bits per heavy atom. The predicted molar refractivity (Wildman–Crippen MR) is 185 cm³/mol. The molecule has 1 aliphatic rings. The number of hydrogen-bond donors (Lipinski definition) is 1. The Labute approximate surface area is 284 Å². The molecule has 0 radical (unpaired) electrons. The summed E-state index contributed by atoms with van der Waals surface area (Å²) in [5, 5.41) is 3.01. The zero-order valence-corrected chi connectivity index (χ0v) is 28.7. The van der Waals surface area contributed by atoms with Gasteiger partial charge in [0.2, 0.25) is 11.8 Å². The van der Waals surface area contributed by atoms with Crippen LogP contribution in [0, 0.1) is 5.92 Å². The third-order valence-corrected chi connectivity index (χ3v) is 9.90. The van der Waals surface area contributed by atoms with Crippen molar-refractivity contribution >= 4 is 43.5 Å². The molecule has 1 aliphatic heterocycles. The Morgan fingerprint density at radius 2 is 1.49 bits per heavy atom. The fourth-order valence-electron chi connectivity index (χ4n) is 5.24. The third kappa shape index (κ3) is 8.72. The molecule has 0 fully saturated rings. The van der Waals surface area contributed by atoms with Crippen molar-refractivity contribution in [1.82, 2.24) is 10.2 Å². The van der Waals surface area contributed by atoms with E-state index in [9.17, 15) is 18.0 Å². The lowest BCUT2D eigenvalue weighted by molar-refractivity contribution is -0.140. The summed E-state index contributed by atoms with van der Waals surface area (Å²) in [4.78, 5) is 30.0. The van der Waals surface area contributed by atoms with Crippen LogP contribution >= 0.6 is 15.9 Å². The molecule has 1 heterocycles. The lowest BCUT2D eigenvalue weighted by atomic mass is 10.0. The molecule has 0 saturated carbocycles. The fraction of sp³-hybridized carbons (Fsp3) is 0.278. The van der Waals surface area contributed by atoms with E-state index in [0.29, 0.717) is 31.3 Å². The summed E-state index contributed by atoms with van der Waals surface area (Å²) in [6.07, 6.45) is 0.236. The molecule has 9 nitrogen and oxygen atoms in total. The molecule has 1 N–H and O–H groups in total. The Kier molecular flexibility index (Phi) is 11.2. The molecular formula is C36H38BrN3O6S. The molecular weight excluding hydrogens is 682 g/mol. The summed E-state index contributed by atoms with van der Waals surface area (Å²) >= 11 is 3.51. The number of anilines is 1. The highest BCUT2D eigenvalue weighted by atomic mass is 79.9. The first kappa shape index (κ1) is 34.0. The highest BCUT2D eigenvalue weighted by Crippen LogP contribution is 2.36. The molecule has 0 bridgehead atoms. The first-order chi connectivity index (χ1) is 22.6. The minimum absolute atomic E-state index is 0.0248. The van der Waals surface area contributed by atoms with E-state index in [1.807, 2.05) is 68.4 Å². The molecule has 0 saturated heterocycles. The molecule has 4 aromatic carbocycles. The van der Waals surface area contributed by atoms with E-state index >= 15 is 0 Å². The Hall–Kier alpha value is -4.35. The van der Waals surface area contributed by atoms with Gasteiger partial charge in [0.15, 0.2) is 11.5 Å². The minimum Gasteiger partial charge on any atom is -0.486 e. The van der Waals surface area contributed by atoms with Crippen molar-refractivity contribution in [2.45, 2.75) is 37.8 Å². The van der Waals surface area contributed by atoms with Crippen LogP contribution in [-0.2, 0) is 32.6 Å². The molecule has 5 rings (SSSR count). The lowest BCUT2D eigenvalue weighted by Crippen LogP contribution is -2.53. The maximum Gasteiger partial charge on any atom is 0.264 e. The third-order valence-electron chi connectivity index (χ3n) is 7.62. The van der Waals surface area contributed by atoms with Crippen molar-refractivity contribution in [3.8, 4) is 11.5 Å².